The van der Waals surface area contributed by atoms with Crippen LogP contribution in [0.5, 0.6) is 0 Å². The molecule has 0 aliphatic rings. The summed E-state index contributed by atoms with van der Waals surface area (Å²) in [4.78, 5) is 13.9. The fourth-order valence-electron chi connectivity index (χ4n) is 1.47. The highest BCUT2D eigenvalue weighted by Gasteiger charge is 2.15. The Bertz CT molecular complexity index is 404. The molecule has 17 heavy (non-hydrogen) atoms. The number of carbonyl (C=O) groups is 1. The van der Waals surface area contributed by atoms with Crippen LogP contribution in [0.25, 0.3) is 0 Å². The Morgan fingerprint density at radius 2 is 2.12 bits per heavy atom. The van der Waals surface area contributed by atoms with Gasteiger partial charge in [0, 0.05) is 23.8 Å². The molecule has 0 saturated heterocycles. The molecule has 1 amide bonds. The second-order valence-electron chi connectivity index (χ2n) is 4.65. The normalized spacial score (nSPS) is 10.6. The number of benzene rings is 1. The van der Waals surface area contributed by atoms with Crippen molar-refractivity contribution in [1.82, 2.24) is 4.90 Å². The molecule has 94 valence electrons. The van der Waals surface area contributed by atoms with E-state index in [9.17, 15) is 4.79 Å². The third kappa shape index (κ3) is 4.04. The van der Waals surface area contributed by atoms with E-state index in [2.05, 4.69) is 29.8 Å². The zero-order valence-electron chi connectivity index (χ0n) is 10.5. The highest BCUT2D eigenvalue weighted by Crippen LogP contribution is 2.21. The summed E-state index contributed by atoms with van der Waals surface area (Å²) in [6, 6.07) is 5.28. The quantitative estimate of drug-likeness (QED) is 0.868. The van der Waals surface area contributed by atoms with E-state index in [0.29, 0.717) is 17.2 Å². The van der Waals surface area contributed by atoms with Crippen LogP contribution in [0.4, 0.5) is 5.69 Å². The molecule has 1 aromatic carbocycles. The predicted octanol–water partition coefficient (Wildman–Crippen LogP) is 3.15. The Balaban J connectivity index is 2.78. The molecule has 0 unspecified atom stereocenters. The molecule has 1 rings (SSSR count). The van der Waals surface area contributed by atoms with Crippen molar-refractivity contribution in [2.24, 2.45) is 5.92 Å². The lowest BCUT2D eigenvalue weighted by Crippen LogP contribution is -2.28. The van der Waals surface area contributed by atoms with E-state index >= 15 is 0 Å². The zero-order chi connectivity index (χ0) is 13.0. The van der Waals surface area contributed by atoms with Crippen LogP contribution in [-0.2, 0) is 0 Å². The van der Waals surface area contributed by atoms with Gasteiger partial charge in [0.2, 0.25) is 0 Å². The van der Waals surface area contributed by atoms with E-state index in [4.69, 9.17) is 5.73 Å². The van der Waals surface area contributed by atoms with Gasteiger partial charge in [0.1, 0.15) is 0 Å². The largest absolute Gasteiger partial charge is 0.399 e. The Morgan fingerprint density at radius 1 is 1.47 bits per heavy atom. The molecule has 1 aromatic rings. The third-order valence-electron chi connectivity index (χ3n) is 2.61. The van der Waals surface area contributed by atoms with E-state index in [1.54, 1.807) is 23.1 Å². The number of nitrogen functional groups attached to an aromatic ring is 1. The van der Waals surface area contributed by atoms with Crippen molar-refractivity contribution in [3.8, 4) is 0 Å². The zero-order valence-corrected chi connectivity index (χ0v) is 12.1. The summed E-state index contributed by atoms with van der Waals surface area (Å²) in [6.07, 6.45) is 1.00. The summed E-state index contributed by atoms with van der Waals surface area (Å²) < 4.78 is 0.785. The summed E-state index contributed by atoms with van der Waals surface area (Å²) in [5.74, 6) is 0.597. The number of nitrogens with zero attached hydrogens (tertiary/aromatic N) is 1. The maximum atomic E-state index is 12.2. The van der Waals surface area contributed by atoms with Crippen LogP contribution in [0.1, 0.15) is 30.6 Å². The minimum Gasteiger partial charge on any atom is -0.399 e. The summed E-state index contributed by atoms with van der Waals surface area (Å²) in [6.45, 7) is 5.06. The van der Waals surface area contributed by atoms with Crippen molar-refractivity contribution in [2.75, 3.05) is 19.3 Å². The Morgan fingerprint density at radius 3 is 2.71 bits per heavy atom. The van der Waals surface area contributed by atoms with Gasteiger partial charge in [-0.15, -0.1) is 0 Å². The van der Waals surface area contributed by atoms with Gasteiger partial charge in [-0.2, -0.15) is 0 Å². The van der Waals surface area contributed by atoms with Crippen LogP contribution < -0.4 is 5.73 Å². The first kappa shape index (κ1) is 14.0. The minimum atomic E-state index is 0.00447. The predicted molar refractivity (Wildman–Crippen MR) is 75.0 cm³/mol. The molecule has 4 heteroatoms. The molecular weight excluding hydrogens is 280 g/mol. The van der Waals surface area contributed by atoms with Gasteiger partial charge >= 0.3 is 0 Å². The first-order valence-corrected chi connectivity index (χ1v) is 6.51. The van der Waals surface area contributed by atoms with Gasteiger partial charge in [-0.1, -0.05) is 13.8 Å². The summed E-state index contributed by atoms with van der Waals surface area (Å²) in [7, 11) is 1.82. The van der Waals surface area contributed by atoms with E-state index in [1.807, 2.05) is 7.05 Å². The SMILES string of the molecule is CC(C)CCN(C)C(=O)c1cc(N)ccc1Br. The fraction of sp³-hybridized carbons (Fsp3) is 0.462. The number of nitrogens with two attached hydrogens (primary N) is 1. The summed E-state index contributed by atoms with van der Waals surface area (Å²) in [5.41, 5.74) is 6.92. The van der Waals surface area contributed by atoms with Gasteiger partial charge in [-0.25, -0.2) is 0 Å². The number of carbonyl (C=O) groups excluding carboxylic acids is 1. The second kappa shape index (κ2) is 6.05. The molecule has 0 radical (unpaired) electrons. The summed E-state index contributed by atoms with van der Waals surface area (Å²) in [5, 5.41) is 0. The Hall–Kier alpha value is -1.03. The van der Waals surface area contributed by atoms with Gasteiger partial charge in [0.25, 0.3) is 5.91 Å². The topological polar surface area (TPSA) is 46.3 Å². The number of halogens is 1. The van der Waals surface area contributed by atoms with E-state index in [1.165, 1.54) is 0 Å². The number of rotatable bonds is 4. The molecule has 0 bridgehead atoms. The minimum absolute atomic E-state index is 0.00447. The molecule has 0 atom stereocenters. The smallest absolute Gasteiger partial charge is 0.254 e. The first-order valence-electron chi connectivity index (χ1n) is 5.72. The fourth-order valence-corrected chi connectivity index (χ4v) is 1.88. The monoisotopic (exact) mass is 298 g/mol. The number of hydrogen-bond donors (Lipinski definition) is 1. The highest BCUT2D eigenvalue weighted by atomic mass is 79.9. The first-order chi connectivity index (χ1) is 7.91. The van der Waals surface area contributed by atoms with Crippen molar-refractivity contribution in [2.45, 2.75) is 20.3 Å². The molecule has 0 aliphatic heterocycles. The van der Waals surface area contributed by atoms with Crippen LogP contribution >= 0.6 is 15.9 Å². The van der Waals surface area contributed by atoms with Crippen molar-refractivity contribution < 1.29 is 4.79 Å². The maximum Gasteiger partial charge on any atom is 0.254 e. The highest BCUT2D eigenvalue weighted by molar-refractivity contribution is 9.10. The molecule has 2 N–H and O–H groups in total. The van der Waals surface area contributed by atoms with Crippen molar-refractivity contribution in [3.63, 3.8) is 0 Å². The van der Waals surface area contributed by atoms with Gasteiger partial charge in [-0.05, 0) is 46.5 Å². The van der Waals surface area contributed by atoms with Crippen LogP contribution in [0.2, 0.25) is 0 Å². The van der Waals surface area contributed by atoms with Crippen molar-refractivity contribution >= 4 is 27.5 Å². The van der Waals surface area contributed by atoms with Gasteiger partial charge in [-0.3, -0.25) is 4.79 Å². The maximum absolute atomic E-state index is 12.2. The van der Waals surface area contributed by atoms with Gasteiger partial charge in [0.15, 0.2) is 0 Å². The lowest BCUT2D eigenvalue weighted by molar-refractivity contribution is 0.0788. The molecule has 0 aromatic heterocycles. The molecule has 0 saturated carbocycles. The summed E-state index contributed by atoms with van der Waals surface area (Å²) >= 11 is 3.38. The Kier molecular flexibility index (Phi) is 5.00. The lowest BCUT2D eigenvalue weighted by Gasteiger charge is -2.19. The standard InChI is InChI=1S/C13H19BrN2O/c1-9(2)6-7-16(3)13(17)11-8-10(15)4-5-12(11)14/h4-5,8-9H,6-7,15H2,1-3H3. The van der Waals surface area contributed by atoms with Gasteiger partial charge < -0.3 is 10.6 Å². The average molecular weight is 299 g/mol. The lowest BCUT2D eigenvalue weighted by atomic mass is 10.1. The van der Waals surface area contributed by atoms with Crippen molar-refractivity contribution in [1.29, 1.82) is 0 Å². The van der Waals surface area contributed by atoms with Crippen LogP contribution in [-0.4, -0.2) is 24.4 Å². The number of anilines is 1. The molecular formula is C13H19BrN2O. The molecule has 0 heterocycles. The molecule has 0 spiro atoms. The Labute approximate surface area is 111 Å². The van der Waals surface area contributed by atoms with Crippen molar-refractivity contribution in [3.05, 3.63) is 28.2 Å². The van der Waals surface area contributed by atoms with E-state index in [-0.39, 0.29) is 5.91 Å². The van der Waals surface area contributed by atoms with Crippen LogP contribution in [0.15, 0.2) is 22.7 Å². The van der Waals surface area contributed by atoms with Crippen LogP contribution in [0, 0.1) is 5.92 Å². The van der Waals surface area contributed by atoms with Gasteiger partial charge in [0.05, 0.1) is 5.56 Å². The number of amides is 1. The van der Waals surface area contributed by atoms with Crippen LogP contribution in [0.3, 0.4) is 0 Å². The average Bonchev–Trinajstić information content (AvgIpc) is 2.28. The number of hydrogen-bond acceptors (Lipinski definition) is 2. The van der Waals surface area contributed by atoms with E-state index < -0.39 is 0 Å². The molecule has 3 nitrogen and oxygen atoms in total. The molecule has 0 aliphatic carbocycles. The third-order valence-corrected chi connectivity index (χ3v) is 3.30. The molecule has 0 fully saturated rings. The second-order valence-corrected chi connectivity index (χ2v) is 5.50. The van der Waals surface area contributed by atoms with E-state index in [0.717, 1.165) is 17.4 Å².